The fourth-order valence-corrected chi connectivity index (χ4v) is 9.17. The van der Waals surface area contributed by atoms with Crippen LogP contribution in [0.5, 0.6) is 5.75 Å². The van der Waals surface area contributed by atoms with Crippen LogP contribution in [0, 0.1) is 11.8 Å². The summed E-state index contributed by atoms with van der Waals surface area (Å²) in [6.07, 6.45) is 4.28. The van der Waals surface area contributed by atoms with Crippen LogP contribution >= 0.6 is 22.7 Å². The Kier molecular flexibility index (Phi) is 14.1. The van der Waals surface area contributed by atoms with Crippen molar-refractivity contribution in [2.24, 2.45) is 0 Å². The molecule has 314 valence electrons. The van der Waals surface area contributed by atoms with Crippen molar-refractivity contribution in [3.05, 3.63) is 99.6 Å². The van der Waals surface area contributed by atoms with Gasteiger partial charge in [-0.25, -0.2) is 14.8 Å². The highest BCUT2D eigenvalue weighted by molar-refractivity contribution is 7.22. The van der Waals surface area contributed by atoms with Crippen LogP contribution < -0.4 is 15.0 Å². The number of thiazole rings is 2. The molecule has 5 aromatic rings. The quantitative estimate of drug-likeness (QED) is 0.0664. The van der Waals surface area contributed by atoms with Crippen molar-refractivity contribution in [2.75, 3.05) is 56.7 Å². The van der Waals surface area contributed by atoms with Crippen LogP contribution in [0.2, 0.25) is 0 Å². The minimum Gasteiger partial charge on any atom is -0.494 e. The summed E-state index contributed by atoms with van der Waals surface area (Å²) in [5, 5.41) is 4.29. The second-order valence-corrected chi connectivity index (χ2v) is 17.9. The van der Waals surface area contributed by atoms with E-state index in [4.69, 9.17) is 23.9 Å². The zero-order chi connectivity index (χ0) is 42.1. The summed E-state index contributed by atoms with van der Waals surface area (Å²) < 4.78 is 23.5. The first-order chi connectivity index (χ1) is 29.0. The van der Waals surface area contributed by atoms with Crippen molar-refractivity contribution < 1.29 is 33.3 Å². The van der Waals surface area contributed by atoms with E-state index in [1.54, 1.807) is 0 Å². The van der Waals surface area contributed by atoms with Crippen LogP contribution in [0.15, 0.2) is 66.7 Å². The van der Waals surface area contributed by atoms with Crippen LogP contribution in [0.1, 0.15) is 88.9 Å². The molecule has 0 saturated carbocycles. The zero-order valence-corrected chi connectivity index (χ0v) is 36.2. The number of ether oxygens (including phenoxy) is 4. The van der Waals surface area contributed by atoms with E-state index < -0.39 is 11.6 Å². The van der Waals surface area contributed by atoms with E-state index in [1.165, 1.54) is 29.8 Å². The zero-order valence-electron chi connectivity index (χ0n) is 34.6. The first-order valence-electron chi connectivity index (χ1n) is 20.4. The minimum absolute atomic E-state index is 0.158. The first kappa shape index (κ1) is 42.8. The van der Waals surface area contributed by atoms with Gasteiger partial charge in [-0.15, -0.1) is 11.3 Å². The van der Waals surface area contributed by atoms with E-state index in [-0.39, 0.29) is 24.4 Å². The van der Waals surface area contributed by atoms with Gasteiger partial charge in [0.05, 0.1) is 49.6 Å². The van der Waals surface area contributed by atoms with Crippen molar-refractivity contribution in [1.29, 1.82) is 0 Å². The maximum absolute atomic E-state index is 13.6. The van der Waals surface area contributed by atoms with Crippen LogP contribution in [0.25, 0.3) is 10.2 Å². The lowest BCUT2D eigenvalue weighted by atomic mass is 9.94. The maximum Gasteiger partial charge on any atom is 0.357 e. The summed E-state index contributed by atoms with van der Waals surface area (Å²) >= 11 is 2.93. The lowest BCUT2D eigenvalue weighted by molar-refractivity contribution is -0.156. The van der Waals surface area contributed by atoms with Crippen LogP contribution in [0.4, 0.5) is 10.3 Å². The highest BCUT2D eigenvalue weighted by Gasteiger charge is 2.27. The van der Waals surface area contributed by atoms with Gasteiger partial charge in [-0.3, -0.25) is 19.8 Å². The van der Waals surface area contributed by atoms with Crippen molar-refractivity contribution in [2.45, 2.75) is 77.5 Å². The van der Waals surface area contributed by atoms with Gasteiger partial charge in [0.15, 0.2) is 16.0 Å². The number of piperidine rings is 1. The number of carbonyl (C=O) groups is 3. The van der Waals surface area contributed by atoms with Gasteiger partial charge in [0.2, 0.25) is 0 Å². The number of benzene rings is 3. The van der Waals surface area contributed by atoms with Gasteiger partial charge in [-0.1, -0.05) is 47.4 Å². The Bertz CT molecular complexity index is 2320. The fraction of sp³-hybridized carbons (Fsp3) is 0.413. The number of esters is 2. The third-order valence-corrected chi connectivity index (χ3v) is 12.3. The molecule has 1 fully saturated rings. The average molecular weight is 850 g/mol. The van der Waals surface area contributed by atoms with Crippen molar-refractivity contribution in [1.82, 2.24) is 14.9 Å². The molecule has 0 spiro atoms. The van der Waals surface area contributed by atoms with E-state index in [0.717, 1.165) is 75.0 Å². The Labute approximate surface area is 359 Å². The van der Waals surface area contributed by atoms with E-state index in [9.17, 15) is 14.4 Å². The number of fused-ring (bicyclic) bond motifs is 2. The number of rotatable bonds is 14. The van der Waals surface area contributed by atoms with E-state index in [2.05, 4.69) is 38.0 Å². The number of likely N-dealkylation sites (tertiary alicyclic amines) is 1. The molecule has 0 radical (unpaired) electrons. The number of nitrogens with one attached hydrogen (secondary N) is 1. The van der Waals surface area contributed by atoms with Gasteiger partial charge in [0.1, 0.15) is 11.4 Å². The Hall–Kier alpha value is -5.33. The van der Waals surface area contributed by atoms with Crippen molar-refractivity contribution in [3.63, 3.8) is 0 Å². The fourth-order valence-electron chi connectivity index (χ4n) is 7.19. The molecule has 2 aliphatic heterocycles. The third kappa shape index (κ3) is 11.5. The first-order valence-corrected chi connectivity index (χ1v) is 22.0. The molecule has 0 atom stereocenters. The van der Waals surface area contributed by atoms with Gasteiger partial charge >= 0.3 is 11.9 Å². The third-order valence-electron chi connectivity index (χ3n) is 10.2. The monoisotopic (exact) mass is 849 g/mol. The molecule has 4 heterocycles. The number of carbonyl (C=O) groups excluding carboxylic acids is 3. The van der Waals surface area contributed by atoms with Crippen LogP contribution in [0.3, 0.4) is 0 Å². The molecule has 14 heteroatoms. The second-order valence-electron chi connectivity index (χ2n) is 15.8. The topological polar surface area (TPSA) is 132 Å². The molecule has 2 aliphatic rings. The predicted octanol–water partition coefficient (Wildman–Crippen LogP) is 7.93. The lowest BCUT2D eigenvalue weighted by Gasteiger charge is -2.30. The number of amides is 1. The van der Waals surface area contributed by atoms with Crippen molar-refractivity contribution in [3.8, 4) is 17.6 Å². The van der Waals surface area contributed by atoms with Crippen molar-refractivity contribution >= 4 is 61.0 Å². The van der Waals surface area contributed by atoms with Gasteiger partial charge < -0.3 is 23.8 Å². The summed E-state index contributed by atoms with van der Waals surface area (Å²) in [5.74, 6) is 6.41. The molecular formula is C46H51N5O7S2. The highest BCUT2D eigenvalue weighted by atomic mass is 32.1. The second kappa shape index (κ2) is 19.8. The molecule has 60 heavy (non-hydrogen) atoms. The molecule has 1 saturated heterocycles. The van der Waals surface area contributed by atoms with Gasteiger partial charge in [0.25, 0.3) is 5.91 Å². The molecule has 0 aliphatic carbocycles. The number of para-hydroxylation sites is 1. The Morgan fingerprint density at radius 1 is 0.933 bits per heavy atom. The smallest absolute Gasteiger partial charge is 0.357 e. The Balaban J connectivity index is 0.868. The molecule has 7 rings (SSSR count). The molecule has 3 aromatic carbocycles. The molecular weight excluding hydrogens is 799 g/mol. The normalized spacial score (nSPS) is 14.6. The summed E-state index contributed by atoms with van der Waals surface area (Å²) in [7, 11) is 1.37. The molecule has 1 N–H and O–H groups in total. The number of nitrogens with zero attached hydrogens (tertiary/aromatic N) is 4. The Morgan fingerprint density at radius 3 is 2.50 bits per heavy atom. The standard InChI is InChI=1S/C46H51N5O7S2/c1-46(2,3)58-40(52)23-29-57-34-21-25-50(26-22-34)24-8-10-31-16-18-33(19-17-31)56-28-9-15-39-41(43(54)55-4)48-45(60-39)51-27-20-32-11-7-12-35(36(32)30-51)42(53)49-44-47-37-13-5-6-14-38(37)59-44/h5-7,11-14,16-19,34H,9,15,20-30H2,1-4H3,(H,47,49,53). The molecule has 2 aromatic heterocycles. The minimum atomic E-state index is -0.477. The number of methoxy groups -OCH3 is 1. The lowest BCUT2D eigenvalue weighted by Crippen LogP contribution is -2.37. The summed E-state index contributed by atoms with van der Waals surface area (Å²) in [6, 6.07) is 21.4. The molecule has 0 bridgehead atoms. The summed E-state index contributed by atoms with van der Waals surface area (Å²) in [6.45, 7) is 10.1. The molecule has 0 unspecified atom stereocenters. The predicted molar refractivity (Wildman–Crippen MR) is 235 cm³/mol. The Morgan fingerprint density at radius 2 is 1.73 bits per heavy atom. The van der Waals surface area contributed by atoms with E-state index in [0.29, 0.717) is 62.1 Å². The maximum atomic E-state index is 13.6. The van der Waals surface area contributed by atoms with Crippen LogP contribution in [-0.4, -0.2) is 90.9 Å². The summed E-state index contributed by atoms with van der Waals surface area (Å²) in [5.41, 5.74) is 4.29. The van der Waals surface area contributed by atoms with Gasteiger partial charge in [-0.2, -0.15) is 0 Å². The number of aryl methyl sites for hydroxylation is 1. The number of aromatic nitrogens is 2. The van der Waals surface area contributed by atoms with E-state index in [1.807, 2.05) is 81.4 Å². The van der Waals surface area contributed by atoms with Crippen LogP contribution in [-0.2, 0) is 38.4 Å². The highest BCUT2D eigenvalue weighted by Crippen LogP contribution is 2.34. The summed E-state index contributed by atoms with van der Waals surface area (Å²) in [4.78, 5) is 53.0. The van der Waals surface area contributed by atoms with Gasteiger partial charge in [0, 0.05) is 42.2 Å². The SMILES string of the molecule is COC(=O)c1nc(N2CCc3cccc(C(=O)Nc4nc5ccccc5s4)c3C2)sc1CCCOc1ccc(C#CCN2CCC(OCCC(=O)OC(C)(C)C)CC2)cc1. The largest absolute Gasteiger partial charge is 0.494 e. The molecule has 12 nitrogen and oxygen atoms in total. The van der Waals surface area contributed by atoms with E-state index >= 15 is 0 Å². The number of anilines is 2. The average Bonchev–Trinajstić information content (AvgIpc) is 3.86. The molecule has 1 amide bonds. The number of hydrogen-bond donors (Lipinski definition) is 1. The van der Waals surface area contributed by atoms with Gasteiger partial charge in [-0.05, 0) is 106 Å². The number of hydrogen-bond acceptors (Lipinski definition) is 13.